The van der Waals surface area contributed by atoms with Crippen LogP contribution in [0.25, 0.3) is 0 Å². The molecule has 0 bridgehead atoms. The summed E-state index contributed by atoms with van der Waals surface area (Å²) in [7, 11) is 0. The Balaban J connectivity index is 1.77. The fourth-order valence-corrected chi connectivity index (χ4v) is 1.89. The van der Waals surface area contributed by atoms with Crippen LogP contribution in [0.4, 0.5) is 0 Å². The summed E-state index contributed by atoms with van der Waals surface area (Å²) in [4.78, 5) is 7.27. The molecule has 18 heavy (non-hydrogen) atoms. The largest absolute Gasteiger partial charge is 0.490 e. The van der Waals surface area contributed by atoms with E-state index in [1.54, 1.807) is 12.4 Å². The minimum absolute atomic E-state index is 0.130. The van der Waals surface area contributed by atoms with Crippen molar-refractivity contribution in [3.8, 4) is 5.75 Å². The Hall–Kier alpha value is -1.85. The molecule has 5 nitrogen and oxygen atoms in total. The summed E-state index contributed by atoms with van der Waals surface area (Å²) in [6, 6.07) is 7.83. The number of aromatic nitrogens is 2. The van der Waals surface area contributed by atoms with E-state index in [9.17, 15) is 0 Å². The van der Waals surface area contributed by atoms with Gasteiger partial charge in [-0.2, -0.15) is 0 Å². The monoisotopic (exact) mass is 244 g/mol. The lowest BCUT2D eigenvalue weighted by atomic mass is 10.1. The van der Waals surface area contributed by atoms with E-state index in [1.165, 1.54) is 12.8 Å². The van der Waals surface area contributed by atoms with E-state index >= 15 is 0 Å². The van der Waals surface area contributed by atoms with Gasteiger partial charge in [0.25, 0.3) is 0 Å². The highest BCUT2D eigenvalue weighted by molar-refractivity contribution is 5.32. The minimum Gasteiger partial charge on any atom is -0.490 e. The third-order valence-electron chi connectivity index (χ3n) is 3.00. The number of hydrogen-bond acceptors (Lipinski definition) is 4. The molecule has 0 radical (unpaired) electrons. The highest BCUT2D eigenvalue weighted by Gasteiger charge is 2.23. The van der Waals surface area contributed by atoms with Crippen LogP contribution < -0.4 is 16.0 Å². The number of benzene rings is 1. The molecular weight excluding hydrogens is 228 g/mol. The smallest absolute Gasteiger partial charge is 0.129 e. The highest BCUT2D eigenvalue weighted by Crippen LogP contribution is 2.28. The van der Waals surface area contributed by atoms with Crippen LogP contribution in [0, 0.1) is 0 Å². The minimum atomic E-state index is -0.130. The number of hydrazine groups is 1. The van der Waals surface area contributed by atoms with Crippen LogP contribution in [0.2, 0.25) is 0 Å². The van der Waals surface area contributed by atoms with E-state index in [2.05, 4.69) is 15.4 Å². The van der Waals surface area contributed by atoms with Crippen LogP contribution in [-0.2, 0) is 0 Å². The third-order valence-corrected chi connectivity index (χ3v) is 3.00. The van der Waals surface area contributed by atoms with E-state index in [1.807, 2.05) is 24.3 Å². The first-order valence-electron chi connectivity index (χ1n) is 6.09. The van der Waals surface area contributed by atoms with Crippen LogP contribution in [0.5, 0.6) is 5.75 Å². The van der Waals surface area contributed by atoms with Gasteiger partial charge in [0.15, 0.2) is 0 Å². The zero-order chi connectivity index (χ0) is 12.4. The van der Waals surface area contributed by atoms with Crippen molar-refractivity contribution < 1.29 is 4.74 Å². The molecule has 2 aromatic rings. The van der Waals surface area contributed by atoms with E-state index in [0.717, 1.165) is 17.1 Å². The molecule has 1 heterocycles. The molecule has 1 fully saturated rings. The van der Waals surface area contributed by atoms with E-state index in [4.69, 9.17) is 10.6 Å². The fraction of sp³-hybridized carbons (Fsp3) is 0.308. The summed E-state index contributed by atoms with van der Waals surface area (Å²) >= 11 is 0. The van der Waals surface area contributed by atoms with E-state index in [0.29, 0.717) is 6.10 Å². The molecule has 1 aromatic carbocycles. The number of imidazole rings is 1. The van der Waals surface area contributed by atoms with Crippen LogP contribution in [0.3, 0.4) is 0 Å². The topological polar surface area (TPSA) is 76.0 Å². The molecule has 1 saturated carbocycles. The summed E-state index contributed by atoms with van der Waals surface area (Å²) in [6.45, 7) is 0. The van der Waals surface area contributed by atoms with Gasteiger partial charge in [-0.15, -0.1) is 0 Å². The van der Waals surface area contributed by atoms with E-state index < -0.39 is 0 Å². The van der Waals surface area contributed by atoms with Gasteiger partial charge >= 0.3 is 0 Å². The van der Waals surface area contributed by atoms with Gasteiger partial charge in [0.1, 0.15) is 17.6 Å². The number of nitrogens with one attached hydrogen (secondary N) is 2. The van der Waals surface area contributed by atoms with Gasteiger partial charge in [-0.3, -0.25) is 5.84 Å². The number of H-pyrrole nitrogens is 1. The van der Waals surface area contributed by atoms with Crippen LogP contribution >= 0.6 is 0 Å². The summed E-state index contributed by atoms with van der Waals surface area (Å²) in [6.07, 6.45) is 6.25. The third kappa shape index (κ3) is 2.37. The molecule has 1 aliphatic carbocycles. The number of hydrogen-bond donors (Lipinski definition) is 3. The molecule has 94 valence electrons. The zero-order valence-electron chi connectivity index (χ0n) is 9.97. The van der Waals surface area contributed by atoms with Gasteiger partial charge < -0.3 is 9.72 Å². The van der Waals surface area contributed by atoms with Crippen molar-refractivity contribution in [2.45, 2.75) is 25.0 Å². The maximum atomic E-state index is 5.71. The summed E-state index contributed by atoms with van der Waals surface area (Å²) in [5.74, 6) is 7.30. The number of ether oxygens (including phenoxy) is 1. The highest BCUT2D eigenvalue weighted by atomic mass is 16.5. The average Bonchev–Trinajstić information content (AvgIpc) is 3.05. The second kappa shape index (κ2) is 4.80. The number of nitrogens with two attached hydrogens (primary N) is 1. The number of aromatic amines is 1. The maximum Gasteiger partial charge on any atom is 0.129 e. The Kier molecular flexibility index (Phi) is 3.00. The Morgan fingerprint density at radius 3 is 2.67 bits per heavy atom. The molecule has 4 N–H and O–H groups in total. The van der Waals surface area contributed by atoms with Crippen molar-refractivity contribution in [2.75, 3.05) is 0 Å². The first-order chi connectivity index (χ1) is 8.86. The quantitative estimate of drug-likeness (QED) is 0.550. The van der Waals surface area contributed by atoms with Gasteiger partial charge in [-0.1, -0.05) is 12.1 Å². The van der Waals surface area contributed by atoms with Crippen LogP contribution in [0.15, 0.2) is 36.7 Å². The number of nitrogens with zero attached hydrogens (tertiary/aromatic N) is 1. The van der Waals surface area contributed by atoms with Gasteiger partial charge in [0, 0.05) is 12.4 Å². The Bertz CT molecular complexity index is 490. The van der Waals surface area contributed by atoms with Gasteiger partial charge in [0.05, 0.1) is 6.10 Å². The van der Waals surface area contributed by atoms with Gasteiger partial charge in [-0.05, 0) is 30.5 Å². The van der Waals surface area contributed by atoms with Crippen molar-refractivity contribution in [3.05, 3.63) is 48.0 Å². The Morgan fingerprint density at radius 1 is 1.33 bits per heavy atom. The molecule has 0 aliphatic heterocycles. The Labute approximate surface area is 105 Å². The standard InChI is InChI=1S/C13H16N4O/c14-17-12(13-15-7-8-16-13)9-1-3-10(4-2-9)18-11-5-6-11/h1-4,7-8,11-12,17H,5-6,14H2,(H,15,16). The van der Waals surface area contributed by atoms with Crippen molar-refractivity contribution in [1.82, 2.24) is 15.4 Å². The lowest BCUT2D eigenvalue weighted by molar-refractivity contribution is 0.303. The summed E-state index contributed by atoms with van der Waals surface area (Å²) in [5, 5.41) is 0. The molecular formula is C13H16N4O. The predicted octanol–water partition coefficient (Wildman–Crippen LogP) is 1.50. The lowest BCUT2D eigenvalue weighted by Crippen LogP contribution is -2.29. The van der Waals surface area contributed by atoms with E-state index in [-0.39, 0.29) is 6.04 Å². The summed E-state index contributed by atoms with van der Waals surface area (Å²) < 4.78 is 5.71. The Morgan fingerprint density at radius 2 is 2.11 bits per heavy atom. The predicted molar refractivity (Wildman–Crippen MR) is 67.8 cm³/mol. The summed E-state index contributed by atoms with van der Waals surface area (Å²) in [5.41, 5.74) is 3.81. The van der Waals surface area contributed by atoms with Gasteiger partial charge in [-0.25, -0.2) is 10.4 Å². The molecule has 1 aliphatic rings. The fourth-order valence-electron chi connectivity index (χ4n) is 1.89. The second-order valence-electron chi connectivity index (χ2n) is 4.46. The molecule has 0 spiro atoms. The molecule has 1 unspecified atom stereocenters. The van der Waals surface area contributed by atoms with Crippen LogP contribution in [0.1, 0.15) is 30.3 Å². The SMILES string of the molecule is NNC(c1ccc(OC2CC2)cc1)c1ncc[nH]1. The second-order valence-corrected chi connectivity index (χ2v) is 4.46. The average molecular weight is 244 g/mol. The molecule has 1 atom stereocenters. The first kappa shape index (κ1) is 11.3. The van der Waals surface area contributed by atoms with Crippen LogP contribution in [-0.4, -0.2) is 16.1 Å². The van der Waals surface area contributed by atoms with Crippen molar-refractivity contribution in [3.63, 3.8) is 0 Å². The molecule has 0 saturated heterocycles. The lowest BCUT2D eigenvalue weighted by Gasteiger charge is -2.14. The van der Waals surface area contributed by atoms with Crippen molar-refractivity contribution >= 4 is 0 Å². The van der Waals surface area contributed by atoms with Gasteiger partial charge in [0.2, 0.25) is 0 Å². The zero-order valence-corrected chi connectivity index (χ0v) is 9.97. The molecule has 5 heteroatoms. The maximum absolute atomic E-state index is 5.71. The number of rotatable bonds is 5. The first-order valence-corrected chi connectivity index (χ1v) is 6.09. The molecule has 0 amide bonds. The normalized spacial score (nSPS) is 16.5. The molecule has 1 aromatic heterocycles. The van der Waals surface area contributed by atoms with Crippen molar-refractivity contribution in [2.24, 2.45) is 5.84 Å². The molecule has 3 rings (SSSR count). The van der Waals surface area contributed by atoms with Crippen molar-refractivity contribution in [1.29, 1.82) is 0 Å².